The average Bonchev–Trinajstić information content (AvgIpc) is 2.81. The van der Waals surface area contributed by atoms with E-state index in [2.05, 4.69) is 0 Å². The second kappa shape index (κ2) is 8.20. The summed E-state index contributed by atoms with van der Waals surface area (Å²) in [5.74, 6) is -2.95. The van der Waals surface area contributed by atoms with Gasteiger partial charge < -0.3 is 14.7 Å². The first-order valence-electron chi connectivity index (χ1n) is 11.6. The van der Waals surface area contributed by atoms with Crippen LogP contribution in [0.25, 0.3) is 0 Å². The molecule has 0 radical (unpaired) electrons. The Morgan fingerprint density at radius 3 is 2.46 bits per heavy atom. The van der Waals surface area contributed by atoms with E-state index >= 15 is 0 Å². The maximum absolute atomic E-state index is 14.6. The van der Waals surface area contributed by atoms with E-state index in [0.29, 0.717) is 43.6 Å². The predicted octanol–water partition coefficient (Wildman–Crippen LogP) is 3.08. The minimum absolute atomic E-state index is 0.147. The lowest BCUT2D eigenvalue weighted by atomic mass is 9.88. The van der Waals surface area contributed by atoms with Crippen LogP contribution in [-0.2, 0) is 11.2 Å². The van der Waals surface area contributed by atoms with Gasteiger partial charge in [-0.25, -0.2) is 8.78 Å². The van der Waals surface area contributed by atoms with E-state index in [9.17, 15) is 23.5 Å². The minimum Gasteiger partial charge on any atom is -0.502 e. The molecular weight excluding hydrogens is 456 g/mol. The number of ether oxygens (including phenoxy) is 1. The van der Waals surface area contributed by atoms with Crippen molar-refractivity contribution in [1.82, 2.24) is 9.58 Å². The molecule has 0 spiro atoms. The number of carbonyl (C=O) groups is 1. The Morgan fingerprint density at radius 1 is 1.00 bits per heavy atom. The highest BCUT2D eigenvalue weighted by Crippen LogP contribution is 2.41. The third kappa shape index (κ3) is 3.33. The number of hydrogen-bond donors (Lipinski definition) is 1. The van der Waals surface area contributed by atoms with Gasteiger partial charge in [0, 0.05) is 12.3 Å². The summed E-state index contributed by atoms with van der Waals surface area (Å²) in [6, 6.07) is 12.2. The standard InChI is InChI=1S/C26H23F2N3O4/c27-19-11-16-7-4-8-22-30(17-13-35-14-17)26(34)24-25(33)21(32)9-10-29(24)31(22)23(18(16)12-20(19)28)15-5-2-1-3-6-15/h1-3,5-6,9-12,17,22-23,33H,4,7-8,13-14H2. The van der Waals surface area contributed by atoms with E-state index in [1.807, 2.05) is 35.3 Å². The minimum atomic E-state index is -0.956. The summed E-state index contributed by atoms with van der Waals surface area (Å²) in [5, 5.41) is 12.6. The number of nitrogens with zero attached hydrogens (tertiary/aromatic N) is 3. The molecule has 2 aromatic carbocycles. The summed E-state index contributed by atoms with van der Waals surface area (Å²) in [6.07, 6.45) is 2.70. The van der Waals surface area contributed by atoms with Crippen molar-refractivity contribution in [3.8, 4) is 5.75 Å². The summed E-state index contributed by atoms with van der Waals surface area (Å²) >= 11 is 0. The lowest BCUT2D eigenvalue weighted by Crippen LogP contribution is -2.68. The van der Waals surface area contributed by atoms with Crippen LogP contribution in [0, 0.1) is 11.6 Å². The van der Waals surface area contributed by atoms with Gasteiger partial charge in [-0.3, -0.25) is 19.3 Å². The number of rotatable bonds is 2. The molecule has 1 fully saturated rings. The maximum Gasteiger partial charge on any atom is 0.278 e. The summed E-state index contributed by atoms with van der Waals surface area (Å²) < 4.78 is 35.8. The van der Waals surface area contributed by atoms with Crippen LogP contribution < -0.4 is 10.4 Å². The maximum atomic E-state index is 14.6. The highest BCUT2D eigenvalue weighted by atomic mass is 19.2. The third-order valence-electron chi connectivity index (χ3n) is 7.15. The number of benzene rings is 2. The Labute approximate surface area is 199 Å². The van der Waals surface area contributed by atoms with Crippen LogP contribution in [0.3, 0.4) is 0 Å². The molecule has 7 nitrogen and oxygen atoms in total. The molecule has 2 atom stereocenters. The fourth-order valence-corrected chi connectivity index (χ4v) is 5.46. The van der Waals surface area contributed by atoms with E-state index in [1.165, 1.54) is 29.1 Å². The quantitative estimate of drug-likeness (QED) is 0.612. The molecule has 1 N–H and O–H groups in total. The molecule has 3 aliphatic heterocycles. The molecule has 6 rings (SSSR count). The van der Waals surface area contributed by atoms with Crippen molar-refractivity contribution in [2.75, 3.05) is 18.2 Å². The lowest BCUT2D eigenvalue weighted by Gasteiger charge is -2.54. The van der Waals surface area contributed by atoms with Crippen LogP contribution in [0.1, 0.15) is 46.1 Å². The molecule has 1 amide bonds. The molecule has 3 aliphatic rings. The molecule has 3 aromatic rings. The van der Waals surface area contributed by atoms with Gasteiger partial charge in [0.25, 0.3) is 5.91 Å². The first kappa shape index (κ1) is 21.8. The summed E-state index contributed by atoms with van der Waals surface area (Å²) in [6.45, 7) is 0.695. The molecule has 4 heterocycles. The van der Waals surface area contributed by atoms with E-state index in [1.54, 1.807) is 4.90 Å². The van der Waals surface area contributed by atoms with E-state index in [4.69, 9.17) is 4.74 Å². The van der Waals surface area contributed by atoms with Crippen molar-refractivity contribution >= 4 is 5.91 Å². The number of carbonyl (C=O) groups excluding carboxylic acids is 1. The Kier molecular flexibility index (Phi) is 5.10. The van der Waals surface area contributed by atoms with Gasteiger partial charge in [-0.1, -0.05) is 30.3 Å². The predicted molar refractivity (Wildman–Crippen MR) is 123 cm³/mol. The molecule has 1 aromatic heterocycles. The number of amides is 1. The molecular formula is C26H23F2N3O4. The van der Waals surface area contributed by atoms with Gasteiger partial charge in [0.05, 0.1) is 25.3 Å². The van der Waals surface area contributed by atoms with Crippen molar-refractivity contribution in [2.45, 2.75) is 37.5 Å². The van der Waals surface area contributed by atoms with E-state index < -0.39 is 40.9 Å². The van der Waals surface area contributed by atoms with Crippen LogP contribution in [0.5, 0.6) is 5.75 Å². The van der Waals surface area contributed by atoms with Crippen LogP contribution >= 0.6 is 0 Å². The Balaban J connectivity index is 1.66. The van der Waals surface area contributed by atoms with E-state index in [-0.39, 0.29) is 11.7 Å². The second-order valence-corrected chi connectivity index (χ2v) is 9.16. The van der Waals surface area contributed by atoms with Crippen LogP contribution in [0.15, 0.2) is 59.5 Å². The third-order valence-corrected chi connectivity index (χ3v) is 7.15. The smallest absolute Gasteiger partial charge is 0.278 e. The summed E-state index contributed by atoms with van der Waals surface area (Å²) in [7, 11) is 0. The zero-order chi connectivity index (χ0) is 24.3. The molecule has 9 heteroatoms. The van der Waals surface area contributed by atoms with Crippen LogP contribution in [0.4, 0.5) is 8.78 Å². The van der Waals surface area contributed by atoms with Gasteiger partial charge in [0.15, 0.2) is 23.1 Å². The van der Waals surface area contributed by atoms with Crippen LogP contribution in [0.2, 0.25) is 0 Å². The highest BCUT2D eigenvalue weighted by molar-refractivity contribution is 5.96. The number of fused-ring (bicyclic) bond motifs is 4. The van der Waals surface area contributed by atoms with Gasteiger partial charge >= 0.3 is 0 Å². The number of pyridine rings is 1. The Hall–Kier alpha value is -3.72. The number of halogens is 2. The Bertz CT molecular complexity index is 1370. The summed E-state index contributed by atoms with van der Waals surface area (Å²) in [5.41, 5.74) is 1.24. The molecule has 0 saturated carbocycles. The van der Waals surface area contributed by atoms with Crippen molar-refractivity contribution in [3.63, 3.8) is 0 Å². The number of aryl methyl sites for hydroxylation is 1. The largest absolute Gasteiger partial charge is 0.502 e. The van der Waals surface area contributed by atoms with Crippen molar-refractivity contribution in [3.05, 3.63) is 99.0 Å². The zero-order valence-electron chi connectivity index (χ0n) is 18.7. The lowest BCUT2D eigenvalue weighted by molar-refractivity contribution is -0.0746. The molecule has 180 valence electrons. The van der Waals surface area contributed by atoms with E-state index in [0.717, 1.165) is 5.56 Å². The number of aromatic hydroxyl groups is 1. The van der Waals surface area contributed by atoms with Crippen LogP contribution in [-0.4, -0.2) is 46.0 Å². The van der Waals surface area contributed by atoms with Crippen molar-refractivity contribution < 1.29 is 23.4 Å². The zero-order valence-corrected chi connectivity index (χ0v) is 18.7. The molecule has 35 heavy (non-hydrogen) atoms. The van der Waals surface area contributed by atoms with Crippen molar-refractivity contribution in [2.24, 2.45) is 0 Å². The highest BCUT2D eigenvalue weighted by Gasteiger charge is 2.48. The van der Waals surface area contributed by atoms with Gasteiger partial charge in [-0.05, 0) is 48.1 Å². The van der Waals surface area contributed by atoms with Crippen molar-refractivity contribution in [1.29, 1.82) is 0 Å². The molecule has 1 saturated heterocycles. The number of aromatic nitrogens is 1. The first-order valence-corrected chi connectivity index (χ1v) is 11.6. The number of hydrogen-bond acceptors (Lipinski definition) is 5. The topological polar surface area (TPSA) is 75.0 Å². The molecule has 0 bridgehead atoms. The second-order valence-electron chi connectivity index (χ2n) is 9.16. The average molecular weight is 479 g/mol. The van der Waals surface area contributed by atoms with Gasteiger partial charge in [-0.2, -0.15) is 0 Å². The SMILES string of the molecule is O=C1c2c(O)c(=O)ccn2N2C(c3ccccc3)c3cc(F)c(F)cc3CCCC2N1C1COC1. The first-order chi connectivity index (χ1) is 17.0. The Morgan fingerprint density at radius 2 is 1.74 bits per heavy atom. The normalized spacial score (nSPS) is 21.9. The van der Waals surface area contributed by atoms with Gasteiger partial charge in [0.2, 0.25) is 5.43 Å². The molecule has 2 unspecified atom stereocenters. The molecule has 0 aliphatic carbocycles. The van der Waals surface area contributed by atoms with Gasteiger partial charge in [-0.15, -0.1) is 0 Å². The van der Waals surface area contributed by atoms with Gasteiger partial charge in [0.1, 0.15) is 6.17 Å². The monoisotopic (exact) mass is 479 g/mol. The fraction of sp³-hybridized carbons (Fsp3) is 0.308. The summed E-state index contributed by atoms with van der Waals surface area (Å²) in [4.78, 5) is 27.7. The fourth-order valence-electron chi connectivity index (χ4n) is 5.46.